The fourth-order valence-corrected chi connectivity index (χ4v) is 4.00. The monoisotopic (exact) mass is 474 g/mol. The van der Waals surface area contributed by atoms with Crippen LogP contribution in [0.5, 0.6) is 5.88 Å². The highest BCUT2D eigenvalue weighted by molar-refractivity contribution is 5.70. The van der Waals surface area contributed by atoms with Crippen LogP contribution in [0.1, 0.15) is 63.3 Å². The Morgan fingerprint density at radius 1 is 1.29 bits per heavy atom. The number of aromatic nitrogens is 5. The number of carbonyl (C=O) groups excluding carboxylic acids is 1. The molecule has 2 aromatic rings. The second-order valence-corrected chi connectivity index (χ2v) is 8.78. The van der Waals surface area contributed by atoms with Gasteiger partial charge in [-0.3, -0.25) is 4.79 Å². The van der Waals surface area contributed by atoms with E-state index in [0.29, 0.717) is 48.0 Å². The fourth-order valence-electron chi connectivity index (χ4n) is 4.00. The van der Waals surface area contributed by atoms with Gasteiger partial charge in [-0.25, -0.2) is 19.4 Å². The number of hydrogen-bond acceptors (Lipinski definition) is 8. The van der Waals surface area contributed by atoms with Crippen molar-refractivity contribution in [3.63, 3.8) is 0 Å². The molecule has 11 heteroatoms. The molecule has 186 valence electrons. The zero-order valence-electron chi connectivity index (χ0n) is 20.4. The number of amides is 1. The summed E-state index contributed by atoms with van der Waals surface area (Å²) >= 11 is 0. The lowest BCUT2D eigenvalue weighted by Crippen LogP contribution is -2.30. The molecule has 1 saturated carbocycles. The van der Waals surface area contributed by atoms with Gasteiger partial charge in [0.05, 0.1) is 12.1 Å². The van der Waals surface area contributed by atoms with Crippen LogP contribution in [0.25, 0.3) is 11.4 Å². The van der Waals surface area contributed by atoms with Crippen molar-refractivity contribution in [2.75, 3.05) is 13.6 Å². The standard InChI is InChI=1S/C23H34N6O5/c1-5-6-7-11-28(3)23(32)33-14-19-20(26-27-29(19)4)18-13-24-21(15(2)25-18)34-17-10-8-9-16(12-17)22(30)31/h13,16-17H,5-12,14H2,1-4H3,(H,30,31)/t16-,17-/m0/s1. The molecule has 34 heavy (non-hydrogen) atoms. The van der Waals surface area contributed by atoms with Gasteiger partial charge in [0.15, 0.2) is 0 Å². The van der Waals surface area contributed by atoms with E-state index in [-0.39, 0.29) is 18.6 Å². The third-order valence-corrected chi connectivity index (χ3v) is 6.08. The van der Waals surface area contributed by atoms with E-state index in [0.717, 1.165) is 32.1 Å². The zero-order valence-corrected chi connectivity index (χ0v) is 20.4. The van der Waals surface area contributed by atoms with Crippen LogP contribution in [0.3, 0.4) is 0 Å². The molecule has 11 nitrogen and oxygen atoms in total. The van der Waals surface area contributed by atoms with E-state index >= 15 is 0 Å². The third-order valence-electron chi connectivity index (χ3n) is 6.08. The molecule has 0 radical (unpaired) electrons. The lowest BCUT2D eigenvalue weighted by Gasteiger charge is -2.27. The minimum atomic E-state index is -0.783. The van der Waals surface area contributed by atoms with Gasteiger partial charge in [0.1, 0.15) is 35.5 Å². The number of aliphatic carboxylic acids is 1. The molecular weight excluding hydrogens is 440 g/mol. The molecule has 1 fully saturated rings. The summed E-state index contributed by atoms with van der Waals surface area (Å²) in [5, 5.41) is 17.5. The Morgan fingerprint density at radius 2 is 2.09 bits per heavy atom. The summed E-state index contributed by atoms with van der Waals surface area (Å²) in [6.45, 7) is 4.55. The van der Waals surface area contributed by atoms with E-state index in [1.807, 2.05) is 0 Å². The maximum atomic E-state index is 12.3. The molecule has 0 saturated heterocycles. The lowest BCUT2D eigenvalue weighted by atomic mass is 9.87. The van der Waals surface area contributed by atoms with Crippen molar-refractivity contribution >= 4 is 12.1 Å². The summed E-state index contributed by atoms with van der Waals surface area (Å²) in [7, 11) is 3.45. The summed E-state index contributed by atoms with van der Waals surface area (Å²) in [4.78, 5) is 34.2. The number of carboxylic acid groups (broad SMARTS) is 1. The maximum absolute atomic E-state index is 12.3. The Morgan fingerprint density at radius 3 is 2.79 bits per heavy atom. The number of ether oxygens (including phenoxy) is 2. The minimum Gasteiger partial charge on any atom is -0.481 e. The van der Waals surface area contributed by atoms with Gasteiger partial charge >= 0.3 is 12.1 Å². The summed E-state index contributed by atoms with van der Waals surface area (Å²) in [5.41, 5.74) is 2.15. The number of aryl methyl sites for hydroxylation is 2. The molecule has 1 amide bonds. The van der Waals surface area contributed by atoms with Crippen molar-refractivity contribution in [2.24, 2.45) is 13.0 Å². The topological polar surface area (TPSA) is 133 Å². The largest absolute Gasteiger partial charge is 0.481 e. The van der Waals surface area contributed by atoms with Gasteiger partial charge in [-0.05, 0) is 39.0 Å². The van der Waals surface area contributed by atoms with Crippen molar-refractivity contribution in [1.82, 2.24) is 29.9 Å². The second kappa shape index (κ2) is 11.8. The van der Waals surface area contributed by atoms with Gasteiger partial charge < -0.3 is 19.5 Å². The van der Waals surface area contributed by atoms with Crippen LogP contribution in [-0.4, -0.2) is 66.7 Å². The van der Waals surface area contributed by atoms with Gasteiger partial charge in [0.25, 0.3) is 0 Å². The van der Waals surface area contributed by atoms with Crippen LogP contribution in [-0.2, 0) is 23.2 Å². The molecular formula is C23H34N6O5. The van der Waals surface area contributed by atoms with E-state index < -0.39 is 12.1 Å². The molecule has 1 aliphatic carbocycles. The van der Waals surface area contributed by atoms with Gasteiger partial charge in [0, 0.05) is 20.6 Å². The minimum absolute atomic E-state index is 0.00736. The zero-order chi connectivity index (χ0) is 24.7. The first-order valence-electron chi connectivity index (χ1n) is 11.8. The molecule has 0 aromatic carbocycles. The first kappa shape index (κ1) is 25.4. The Balaban J connectivity index is 1.66. The number of hydrogen-bond donors (Lipinski definition) is 1. The van der Waals surface area contributed by atoms with E-state index in [9.17, 15) is 14.7 Å². The van der Waals surface area contributed by atoms with Gasteiger partial charge in [-0.15, -0.1) is 5.10 Å². The molecule has 1 N–H and O–H groups in total. The third kappa shape index (κ3) is 6.42. The molecule has 2 heterocycles. The lowest BCUT2D eigenvalue weighted by molar-refractivity contribution is -0.143. The van der Waals surface area contributed by atoms with Gasteiger partial charge in [0.2, 0.25) is 5.88 Å². The number of unbranched alkanes of at least 4 members (excludes halogenated alkanes) is 2. The van der Waals surface area contributed by atoms with Gasteiger partial charge in [-0.1, -0.05) is 25.0 Å². The van der Waals surface area contributed by atoms with Crippen molar-refractivity contribution < 1.29 is 24.2 Å². The maximum Gasteiger partial charge on any atom is 0.409 e. The normalized spacial score (nSPS) is 17.9. The summed E-state index contributed by atoms with van der Waals surface area (Å²) in [6, 6.07) is 0. The Labute approximate surface area is 199 Å². The quantitative estimate of drug-likeness (QED) is 0.515. The Hall–Kier alpha value is -3.24. The van der Waals surface area contributed by atoms with Crippen molar-refractivity contribution in [3.8, 4) is 17.3 Å². The predicted molar refractivity (Wildman–Crippen MR) is 123 cm³/mol. The molecule has 2 aromatic heterocycles. The summed E-state index contributed by atoms with van der Waals surface area (Å²) in [6.07, 6.45) is 6.76. The first-order valence-corrected chi connectivity index (χ1v) is 11.8. The number of nitrogens with zero attached hydrogens (tertiary/aromatic N) is 6. The molecule has 1 aliphatic rings. The highest BCUT2D eigenvalue weighted by atomic mass is 16.6. The van der Waals surface area contributed by atoms with Crippen LogP contribution in [0.2, 0.25) is 0 Å². The molecule has 0 aliphatic heterocycles. The van der Waals surface area contributed by atoms with E-state index in [4.69, 9.17) is 9.47 Å². The highest BCUT2D eigenvalue weighted by Crippen LogP contribution is 2.29. The smallest absolute Gasteiger partial charge is 0.409 e. The van der Waals surface area contributed by atoms with Crippen LogP contribution in [0, 0.1) is 12.8 Å². The van der Waals surface area contributed by atoms with E-state index in [1.165, 1.54) is 0 Å². The van der Waals surface area contributed by atoms with Crippen molar-refractivity contribution in [2.45, 2.75) is 71.5 Å². The average molecular weight is 475 g/mol. The summed E-state index contributed by atoms with van der Waals surface area (Å²) < 4.78 is 13.0. The van der Waals surface area contributed by atoms with Crippen LogP contribution >= 0.6 is 0 Å². The molecule has 0 bridgehead atoms. The molecule has 0 spiro atoms. The molecule has 0 unspecified atom stereocenters. The second-order valence-electron chi connectivity index (χ2n) is 8.78. The number of rotatable bonds is 10. The van der Waals surface area contributed by atoms with Crippen molar-refractivity contribution in [3.05, 3.63) is 17.6 Å². The molecule has 2 atom stereocenters. The van der Waals surface area contributed by atoms with E-state index in [1.54, 1.807) is 36.8 Å². The van der Waals surface area contributed by atoms with E-state index in [2.05, 4.69) is 27.2 Å². The van der Waals surface area contributed by atoms with Gasteiger partial charge in [-0.2, -0.15) is 0 Å². The first-order chi connectivity index (χ1) is 16.3. The summed E-state index contributed by atoms with van der Waals surface area (Å²) in [5.74, 6) is -0.790. The molecule has 3 rings (SSSR count). The number of carboxylic acids is 1. The fraction of sp³-hybridized carbons (Fsp3) is 0.652. The van der Waals surface area contributed by atoms with Crippen LogP contribution in [0.4, 0.5) is 4.79 Å². The Kier molecular flexibility index (Phi) is 8.78. The van der Waals surface area contributed by atoms with Crippen LogP contribution in [0.15, 0.2) is 6.20 Å². The SMILES string of the molecule is CCCCCN(C)C(=O)OCc1c(-c2cnc(O[C@H]3CCC[C@H](C(=O)O)C3)c(C)n2)nnn1C. The van der Waals surface area contributed by atoms with Crippen molar-refractivity contribution in [1.29, 1.82) is 0 Å². The van der Waals surface area contributed by atoms with Crippen LogP contribution < -0.4 is 4.74 Å². The average Bonchev–Trinajstić information content (AvgIpc) is 3.19. The predicted octanol–water partition coefficient (Wildman–Crippen LogP) is 3.36. The highest BCUT2D eigenvalue weighted by Gasteiger charge is 2.29. The Bertz CT molecular complexity index is 994. The number of carbonyl (C=O) groups is 2.